The van der Waals surface area contributed by atoms with Crippen LogP contribution in [0.25, 0.3) is 0 Å². The summed E-state index contributed by atoms with van der Waals surface area (Å²) in [6.07, 6.45) is 0. The summed E-state index contributed by atoms with van der Waals surface area (Å²) >= 11 is 9.21. The number of amides is 1. The van der Waals surface area contributed by atoms with Gasteiger partial charge in [-0.1, -0.05) is 17.7 Å². The number of carboxylic acid groups (broad SMARTS) is 1. The molecule has 8 heteroatoms. The van der Waals surface area contributed by atoms with Crippen molar-refractivity contribution in [2.45, 2.75) is 6.92 Å². The number of halogens is 2. The van der Waals surface area contributed by atoms with Crippen molar-refractivity contribution in [2.75, 3.05) is 5.32 Å². The summed E-state index contributed by atoms with van der Waals surface area (Å²) in [5, 5.41) is 14.8. The summed E-state index contributed by atoms with van der Waals surface area (Å²) < 4.78 is 1.50. The monoisotopic (exact) mass is 566 g/mol. The van der Waals surface area contributed by atoms with E-state index in [1.165, 1.54) is 0 Å². The van der Waals surface area contributed by atoms with Crippen molar-refractivity contribution < 1.29 is 14.7 Å². The normalized spacial score (nSPS) is 10.1. The summed E-state index contributed by atoms with van der Waals surface area (Å²) in [4.78, 5) is 23.6. The number of hydrogen-bond donors (Lipinski definition) is 3. The maximum Gasteiger partial charge on any atom is 0.337 e. The van der Waals surface area contributed by atoms with Crippen LogP contribution in [0.2, 0.25) is 0 Å². The van der Waals surface area contributed by atoms with E-state index in [2.05, 4.69) is 10.6 Å². The Morgan fingerprint density at radius 2 is 1.88 bits per heavy atom. The number of aromatic carboxylic acids is 1. The molecule has 0 spiro atoms. The van der Waals surface area contributed by atoms with Crippen molar-refractivity contribution in [3.05, 3.63) is 60.2 Å². The first-order valence-corrected chi connectivity index (χ1v) is 9.26. The van der Waals surface area contributed by atoms with Crippen LogP contribution in [0.3, 0.4) is 0 Å². The summed E-state index contributed by atoms with van der Waals surface area (Å²) in [6, 6.07) is 10.5. The van der Waals surface area contributed by atoms with Gasteiger partial charge in [-0.15, -0.1) is 0 Å². The number of hydrogen-bond acceptors (Lipinski definition) is 3. The highest BCUT2D eigenvalue weighted by Crippen LogP contribution is 2.26. The van der Waals surface area contributed by atoms with Crippen molar-refractivity contribution >= 4 is 80.1 Å². The first kappa shape index (κ1) is 19.1. The smallest absolute Gasteiger partial charge is 0.337 e. The first-order valence-electron chi connectivity index (χ1n) is 6.69. The van der Waals surface area contributed by atoms with Gasteiger partial charge in [0.15, 0.2) is 5.11 Å². The molecule has 0 aliphatic carbocycles. The average molecular weight is 566 g/mol. The highest BCUT2D eigenvalue weighted by atomic mass is 127. The molecular formula is C16H12I2N2O3S. The molecule has 5 nitrogen and oxygen atoms in total. The van der Waals surface area contributed by atoms with E-state index < -0.39 is 5.97 Å². The van der Waals surface area contributed by atoms with Crippen molar-refractivity contribution in [3.8, 4) is 0 Å². The third-order valence-corrected chi connectivity index (χ3v) is 4.71. The van der Waals surface area contributed by atoms with Gasteiger partial charge in [0.05, 0.1) is 11.3 Å². The Balaban J connectivity index is 2.18. The van der Waals surface area contributed by atoms with Gasteiger partial charge < -0.3 is 10.4 Å². The first-order chi connectivity index (χ1) is 11.3. The minimum absolute atomic E-state index is 0.0446. The van der Waals surface area contributed by atoms with E-state index in [0.717, 1.165) is 9.13 Å². The van der Waals surface area contributed by atoms with Gasteiger partial charge in [-0.2, -0.15) is 0 Å². The van der Waals surface area contributed by atoms with Crippen LogP contribution >= 0.6 is 57.4 Å². The fourth-order valence-corrected chi connectivity index (χ4v) is 4.15. The topological polar surface area (TPSA) is 78.4 Å². The lowest BCUT2D eigenvalue weighted by atomic mass is 10.1. The van der Waals surface area contributed by atoms with Crippen molar-refractivity contribution in [1.82, 2.24) is 5.32 Å². The van der Waals surface area contributed by atoms with E-state index >= 15 is 0 Å². The number of carbonyl (C=O) groups excluding carboxylic acids is 1. The van der Waals surface area contributed by atoms with Crippen LogP contribution in [0.1, 0.15) is 26.3 Å². The predicted octanol–water partition coefficient (Wildman–Crippen LogP) is 4.03. The van der Waals surface area contributed by atoms with Gasteiger partial charge in [0, 0.05) is 12.7 Å². The number of thiocarbonyl (C=S) groups is 1. The fourth-order valence-electron chi connectivity index (χ4n) is 1.98. The molecule has 24 heavy (non-hydrogen) atoms. The van der Waals surface area contributed by atoms with E-state index in [4.69, 9.17) is 12.2 Å². The standard InChI is InChI=1S/C16H12I2N2O3S/c1-8-3-2-4-9(5-8)14(21)20-16(24)19-13-11(15(22)23)6-10(17)7-12(13)18/h2-7H,1H3,(H,22,23)(H2,19,20,21,24). The van der Waals surface area contributed by atoms with Gasteiger partial charge in [-0.3, -0.25) is 10.1 Å². The zero-order valence-electron chi connectivity index (χ0n) is 12.4. The molecule has 0 aliphatic rings. The highest BCUT2D eigenvalue weighted by molar-refractivity contribution is 14.1. The van der Waals surface area contributed by atoms with E-state index in [1.54, 1.807) is 24.3 Å². The van der Waals surface area contributed by atoms with E-state index in [9.17, 15) is 14.7 Å². The Hall–Kier alpha value is -1.27. The van der Waals surface area contributed by atoms with Gasteiger partial charge in [0.1, 0.15) is 0 Å². The van der Waals surface area contributed by atoms with Crippen molar-refractivity contribution in [2.24, 2.45) is 0 Å². The van der Waals surface area contributed by atoms with Crippen LogP contribution < -0.4 is 10.6 Å². The predicted molar refractivity (Wildman–Crippen MR) is 114 cm³/mol. The second-order valence-electron chi connectivity index (χ2n) is 4.89. The number of nitrogens with one attached hydrogen (secondary N) is 2. The third kappa shape index (κ3) is 4.86. The van der Waals surface area contributed by atoms with Gasteiger partial charge in [0.25, 0.3) is 5.91 Å². The van der Waals surface area contributed by atoms with Crippen LogP contribution in [0.5, 0.6) is 0 Å². The summed E-state index contributed by atoms with van der Waals surface area (Å²) in [5.41, 5.74) is 1.90. The molecule has 0 atom stereocenters. The largest absolute Gasteiger partial charge is 0.478 e. The Bertz CT molecular complexity index is 840. The molecule has 0 bridgehead atoms. The van der Waals surface area contributed by atoms with Gasteiger partial charge in [-0.25, -0.2) is 4.79 Å². The van der Waals surface area contributed by atoms with Crippen molar-refractivity contribution in [3.63, 3.8) is 0 Å². The Labute approximate surface area is 171 Å². The Morgan fingerprint density at radius 1 is 1.17 bits per heavy atom. The quantitative estimate of drug-likeness (QED) is 0.387. The van der Waals surface area contributed by atoms with Crippen LogP contribution in [0, 0.1) is 14.1 Å². The summed E-state index contributed by atoms with van der Waals surface area (Å²) in [5.74, 6) is -1.42. The molecule has 3 N–H and O–H groups in total. The minimum Gasteiger partial charge on any atom is -0.478 e. The van der Waals surface area contributed by atoms with Gasteiger partial charge >= 0.3 is 5.97 Å². The molecule has 2 aromatic carbocycles. The molecule has 0 unspecified atom stereocenters. The molecule has 0 aliphatic heterocycles. The number of carbonyl (C=O) groups is 2. The maximum absolute atomic E-state index is 12.2. The third-order valence-electron chi connectivity index (χ3n) is 3.03. The summed E-state index contributed by atoms with van der Waals surface area (Å²) in [6.45, 7) is 1.89. The van der Waals surface area contributed by atoms with Gasteiger partial charge in [-0.05, 0) is 88.6 Å². The second-order valence-corrected chi connectivity index (χ2v) is 7.71. The molecule has 0 aromatic heterocycles. The highest BCUT2D eigenvalue weighted by Gasteiger charge is 2.17. The SMILES string of the molecule is Cc1cccc(C(=O)NC(=S)Nc2c(I)cc(I)cc2C(=O)O)c1. The minimum atomic E-state index is -1.07. The molecule has 2 aromatic rings. The molecule has 0 heterocycles. The zero-order chi connectivity index (χ0) is 17.9. The van der Waals surface area contributed by atoms with E-state index in [-0.39, 0.29) is 16.6 Å². The number of rotatable bonds is 3. The fraction of sp³-hybridized carbons (Fsp3) is 0.0625. The molecule has 1 amide bonds. The Kier molecular flexibility index (Phi) is 6.52. The van der Waals surface area contributed by atoms with E-state index in [1.807, 2.05) is 64.2 Å². The van der Waals surface area contributed by atoms with Gasteiger partial charge in [0.2, 0.25) is 0 Å². The van der Waals surface area contributed by atoms with E-state index in [0.29, 0.717) is 14.8 Å². The van der Waals surface area contributed by atoms with Crippen LogP contribution in [0.4, 0.5) is 5.69 Å². The van der Waals surface area contributed by atoms with Crippen LogP contribution in [0.15, 0.2) is 36.4 Å². The lowest BCUT2D eigenvalue weighted by molar-refractivity contribution is 0.0697. The second kappa shape index (κ2) is 8.21. The molecule has 0 saturated carbocycles. The maximum atomic E-state index is 12.2. The molecule has 124 valence electrons. The number of carboxylic acids is 1. The molecular weight excluding hydrogens is 554 g/mol. The van der Waals surface area contributed by atoms with Crippen molar-refractivity contribution in [1.29, 1.82) is 0 Å². The lowest BCUT2D eigenvalue weighted by Crippen LogP contribution is -2.34. The molecule has 0 saturated heterocycles. The van der Waals surface area contributed by atoms with Crippen LogP contribution in [-0.4, -0.2) is 22.1 Å². The molecule has 2 rings (SSSR count). The van der Waals surface area contributed by atoms with Crippen LogP contribution in [-0.2, 0) is 0 Å². The number of benzene rings is 2. The molecule has 0 fully saturated rings. The Morgan fingerprint density at radius 3 is 2.50 bits per heavy atom. The summed E-state index contributed by atoms with van der Waals surface area (Å²) in [7, 11) is 0. The average Bonchev–Trinajstić information content (AvgIpc) is 2.49. The lowest BCUT2D eigenvalue weighted by Gasteiger charge is -2.14. The number of aryl methyl sites for hydroxylation is 1. The number of anilines is 1. The zero-order valence-corrected chi connectivity index (χ0v) is 17.5. The molecule has 0 radical (unpaired) electrons.